The fourth-order valence-corrected chi connectivity index (χ4v) is 2.68. The summed E-state index contributed by atoms with van der Waals surface area (Å²) in [4.78, 5) is 25.5. The molecule has 4 nitrogen and oxygen atoms in total. The van der Waals surface area contributed by atoms with Gasteiger partial charge in [-0.3, -0.25) is 9.59 Å². The predicted molar refractivity (Wildman–Crippen MR) is 105 cm³/mol. The lowest BCUT2D eigenvalue weighted by Crippen LogP contribution is -2.24. The minimum absolute atomic E-state index is 0.000229. The van der Waals surface area contributed by atoms with E-state index in [4.69, 9.17) is 0 Å². The van der Waals surface area contributed by atoms with E-state index < -0.39 is 0 Å². The molecule has 0 saturated heterocycles. The Kier molecular flexibility index (Phi) is 7.39. The molecule has 0 aromatic heterocycles. The molecule has 0 atom stereocenters. The summed E-state index contributed by atoms with van der Waals surface area (Å²) in [6, 6.07) is 15.6. The summed E-state index contributed by atoms with van der Waals surface area (Å²) in [6.45, 7) is 2.65. The Bertz CT molecular complexity index is 719. The van der Waals surface area contributed by atoms with E-state index in [1.807, 2.05) is 24.3 Å². The van der Waals surface area contributed by atoms with Crippen molar-refractivity contribution in [2.45, 2.75) is 39.2 Å². The molecular formula is C22H28N2O2. The zero-order valence-electron chi connectivity index (χ0n) is 15.9. The molecule has 2 aromatic rings. The van der Waals surface area contributed by atoms with Gasteiger partial charge in [0, 0.05) is 26.2 Å². The molecule has 0 aliphatic heterocycles. The number of hydrogen-bond donors (Lipinski definition) is 1. The van der Waals surface area contributed by atoms with Gasteiger partial charge in [0.25, 0.3) is 5.91 Å². The van der Waals surface area contributed by atoms with Gasteiger partial charge >= 0.3 is 0 Å². The maximum Gasteiger partial charge on any atom is 0.253 e. The second-order valence-electron chi connectivity index (χ2n) is 6.77. The maximum atomic E-state index is 12.1. The smallest absolute Gasteiger partial charge is 0.253 e. The van der Waals surface area contributed by atoms with E-state index in [9.17, 15) is 9.59 Å². The van der Waals surface area contributed by atoms with E-state index in [1.54, 1.807) is 31.1 Å². The first-order chi connectivity index (χ1) is 12.5. The Morgan fingerprint density at radius 3 is 2.04 bits per heavy atom. The van der Waals surface area contributed by atoms with Crippen LogP contribution in [0.2, 0.25) is 0 Å². The van der Waals surface area contributed by atoms with Crippen LogP contribution in [-0.2, 0) is 24.2 Å². The van der Waals surface area contributed by atoms with Crippen LogP contribution in [0.1, 0.15) is 46.8 Å². The third kappa shape index (κ3) is 6.03. The fraction of sp³-hybridized carbons (Fsp3) is 0.364. The number of nitrogens with zero attached hydrogens (tertiary/aromatic N) is 1. The van der Waals surface area contributed by atoms with Gasteiger partial charge in [0.1, 0.15) is 0 Å². The molecule has 0 radical (unpaired) electrons. The number of aryl methyl sites for hydroxylation is 1. The molecule has 1 N–H and O–H groups in total. The molecule has 2 rings (SSSR count). The van der Waals surface area contributed by atoms with Crippen LogP contribution >= 0.6 is 0 Å². The van der Waals surface area contributed by atoms with Crippen LogP contribution in [0.5, 0.6) is 0 Å². The van der Waals surface area contributed by atoms with E-state index in [0.29, 0.717) is 18.5 Å². The molecule has 0 spiro atoms. The van der Waals surface area contributed by atoms with Crippen LogP contribution in [0.15, 0.2) is 48.5 Å². The molecule has 0 aliphatic carbocycles. The van der Waals surface area contributed by atoms with Gasteiger partial charge in [-0.05, 0) is 41.7 Å². The molecule has 0 aliphatic rings. The normalized spacial score (nSPS) is 10.4. The van der Waals surface area contributed by atoms with E-state index in [1.165, 1.54) is 18.4 Å². The molecule has 0 fully saturated rings. The summed E-state index contributed by atoms with van der Waals surface area (Å²) in [5, 5.41) is 2.93. The number of amides is 2. The average Bonchev–Trinajstić information content (AvgIpc) is 2.65. The first kappa shape index (κ1) is 19.7. The second kappa shape index (κ2) is 9.76. The Hall–Kier alpha value is -2.62. The molecule has 2 amide bonds. The quantitative estimate of drug-likeness (QED) is 0.789. The second-order valence-corrected chi connectivity index (χ2v) is 6.77. The van der Waals surface area contributed by atoms with Crippen molar-refractivity contribution in [3.05, 3.63) is 70.8 Å². The number of carbonyl (C=O) groups excluding carboxylic acids is 2. The monoisotopic (exact) mass is 352 g/mol. The van der Waals surface area contributed by atoms with Crippen molar-refractivity contribution >= 4 is 11.8 Å². The maximum absolute atomic E-state index is 12.1. The van der Waals surface area contributed by atoms with Gasteiger partial charge in [-0.2, -0.15) is 0 Å². The van der Waals surface area contributed by atoms with Crippen LogP contribution in [0.25, 0.3) is 0 Å². The number of nitrogens with one attached hydrogen (secondary N) is 1. The lowest BCUT2D eigenvalue weighted by molar-refractivity contribution is -0.120. The van der Waals surface area contributed by atoms with E-state index in [2.05, 4.69) is 24.4 Å². The summed E-state index contributed by atoms with van der Waals surface area (Å²) in [5.74, 6) is -0.0253. The Morgan fingerprint density at radius 2 is 1.46 bits per heavy atom. The van der Waals surface area contributed by atoms with Crippen LogP contribution in [0.4, 0.5) is 0 Å². The zero-order chi connectivity index (χ0) is 18.9. The van der Waals surface area contributed by atoms with Gasteiger partial charge < -0.3 is 10.2 Å². The predicted octanol–water partition coefficient (Wildman–Crippen LogP) is 3.59. The highest BCUT2D eigenvalue weighted by Gasteiger charge is 2.08. The zero-order valence-corrected chi connectivity index (χ0v) is 15.9. The number of unbranched alkanes of at least 4 members (excludes halogenated alkanes) is 1. The first-order valence-corrected chi connectivity index (χ1v) is 9.14. The van der Waals surface area contributed by atoms with Crippen molar-refractivity contribution < 1.29 is 9.59 Å². The Labute approximate surface area is 156 Å². The third-order valence-electron chi connectivity index (χ3n) is 4.30. The van der Waals surface area contributed by atoms with Crippen molar-refractivity contribution in [3.63, 3.8) is 0 Å². The topological polar surface area (TPSA) is 49.4 Å². The van der Waals surface area contributed by atoms with Crippen LogP contribution < -0.4 is 5.32 Å². The number of benzene rings is 2. The summed E-state index contributed by atoms with van der Waals surface area (Å²) < 4.78 is 0. The molecule has 0 heterocycles. The van der Waals surface area contributed by atoms with Crippen LogP contribution in [0, 0.1) is 0 Å². The fourth-order valence-electron chi connectivity index (χ4n) is 2.68. The number of carbonyl (C=O) groups is 2. The standard InChI is InChI=1S/C22H28N2O2/c1-4-5-6-17-7-9-18(10-8-17)15-21(25)23-16-19-11-13-20(14-12-19)22(26)24(2)3/h7-14H,4-6,15-16H2,1-3H3,(H,23,25). The summed E-state index contributed by atoms with van der Waals surface area (Å²) in [7, 11) is 3.46. The van der Waals surface area contributed by atoms with Gasteiger partial charge in [0.15, 0.2) is 0 Å². The lowest BCUT2D eigenvalue weighted by atomic mass is 10.0. The highest BCUT2D eigenvalue weighted by atomic mass is 16.2. The molecule has 2 aromatic carbocycles. The highest BCUT2D eigenvalue weighted by molar-refractivity contribution is 5.93. The SMILES string of the molecule is CCCCc1ccc(CC(=O)NCc2ccc(C(=O)N(C)C)cc2)cc1. The van der Waals surface area contributed by atoms with E-state index in [-0.39, 0.29) is 11.8 Å². The van der Waals surface area contributed by atoms with E-state index in [0.717, 1.165) is 17.5 Å². The van der Waals surface area contributed by atoms with E-state index >= 15 is 0 Å². The average molecular weight is 352 g/mol. The summed E-state index contributed by atoms with van der Waals surface area (Å²) >= 11 is 0. The molecule has 0 bridgehead atoms. The molecule has 0 unspecified atom stereocenters. The highest BCUT2D eigenvalue weighted by Crippen LogP contribution is 2.09. The lowest BCUT2D eigenvalue weighted by Gasteiger charge is -2.11. The van der Waals surface area contributed by atoms with Gasteiger partial charge in [-0.25, -0.2) is 0 Å². The third-order valence-corrected chi connectivity index (χ3v) is 4.30. The molecule has 26 heavy (non-hydrogen) atoms. The van der Waals surface area contributed by atoms with Crippen molar-refractivity contribution in [1.82, 2.24) is 10.2 Å². The van der Waals surface area contributed by atoms with Crippen molar-refractivity contribution in [2.24, 2.45) is 0 Å². The Morgan fingerprint density at radius 1 is 0.885 bits per heavy atom. The molecule has 138 valence electrons. The molecule has 0 saturated carbocycles. The van der Waals surface area contributed by atoms with Gasteiger partial charge in [-0.15, -0.1) is 0 Å². The summed E-state index contributed by atoms with van der Waals surface area (Å²) in [5.41, 5.74) is 3.97. The van der Waals surface area contributed by atoms with Crippen molar-refractivity contribution in [1.29, 1.82) is 0 Å². The number of hydrogen-bond acceptors (Lipinski definition) is 2. The van der Waals surface area contributed by atoms with Gasteiger partial charge in [0.05, 0.1) is 6.42 Å². The Balaban J connectivity index is 1.82. The first-order valence-electron chi connectivity index (χ1n) is 9.14. The van der Waals surface area contributed by atoms with Crippen molar-refractivity contribution in [3.8, 4) is 0 Å². The number of rotatable bonds is 8. The largest absolute Gasteiger partial charge is 0.352 e. The molecular weight excluding hydrogens is 324 g/mol. The van der Waals surface area contributed by atoms with Crippen molar-refractivity contribution in [2.75, 3.05) is 14.1 Å². The van der Waals surface area contributed by atoms with Gasteiger partial charge in [0.2, 0.25) is 5.91 Å². The minimum atomic E-state index is -0.0250. The van der Waals surface area contributed by atoms with Gasteiger partial charge in [-0.1, -0.05) is 49.7 Å². The summed E-state index contributed by atoms with van der Waals surface area (Å²) in [6.07, 6.45) is 3.85. The van der Waals surface area contributed by atoms with Crippen LogP contribution in [0.3, 0.4) is 0 Å². The molecule has 4 heteroatoms. The van der Waals surface area contributed by atoms with Crippen LogP contribution in [-0.4, -0.2) is 30.8 Å². The minimum Gasteiger partial charge on any atom is -0.352 e.